The molecule has 0 saturated heterocycles. The first-order chi connectivity index (χ1) is 7.74. The topological polar surface area (TPSA) is 55.5 Å². The number of ether oxygens (including phenoxy) is 1. The molecule has 0 bridgehead atoms. The molecule has 3 nitrogen and oxygen atoms in total. The SMILES string of the molecule is NC(CO)(COC1CCCCCC1)C1CC1. The minimum absolute atomic E-state index is 0.0599. The van der Waals surface area contributed by atoms with Gasteiger partial charge in [0.05, 0.1) is 24.9 Å². The van der Waals surface area contributed by atoms with E-state index in [1.807, 2.05) is 0 Å². The third-order valence-corrected chi connectivity index (χ3v) is 4.07. The molecule has 94 valence electrons. The molecule has 2 saturated carbocycles. The molecular weight excluding hydrogens is 202 g/mol. The van der Waals surface area contributed by atoms with Gasteiger partial charge in [-0.05, 0) is 31.6 Å². The molecule has 0 spiro atoms. The fourth-order valence-electron chi connectivity index (χ4n) is 2.63. The molecule has 0 aromatic carbocycles. The summed E-state index contributed by atoms with van der Waals surface area (Å²) in [6.07, 6.45) is 10.3. The summed E-state index contributed by atoms with van der Waals surface area (Å²) < 4.78 is 5.94. The summed E-state index contributed by atoms with van der Waals surface area (Å²) >= 11 is 0. The molecule has 0 aromatic heterocycles. The summed E-state index contributed by atoms with van der Waals surface area (Å²) in [5, 5.41) is 9.38. The molecule has 1 unspecified atom stereocenters. The van der Waals surface area contributed by atoms with Crippen molar-refractivity contribution in [2.24, 2.45) is 11.7 Å². The van der Waals surface area contributed by atoms with E-state index in [4.69, 9.17) is 10.5 Å². The Kier molecular flexibility index (Phi) is 4.22. The van der Waals surface area contributed by atoms with Crippen molar-refractivity contribution in [2.45, 2.75) is 63.0 Å². The van der Waals surface area contributed by atoms with Gasteiger partial charge in [0.15, 0.2) is 0 Å². The summed E-state index contributed by atoms with van der Waals surface area (Å²) in [6, 6.07) is 0. The number of hydrogen-bond acceptors (Lipinski definition) is 3. The van der Waals surface area contributed by atoms with E-state index < -0.39 is 5.54 Å². The van der Waals surface area contributed by atoms with Gasteiger partial charge in [0.25, 0.3) is 0 Å². The number of aliphatic hydroxyl groups excluding tert-OH is 1. The second-order valence-corrected chi connectivity index (χ2v) is 5.59. The van der Waals surface area contributed by atoms with E-state index in [1.54, 1.807) is 0 Å². The van der Waals surface area contributed by atoms with Gasteiger partial charge < -0.3 is 15.6 Å². The molecule has 2 fully saturated rings. The molecule has 0 radical (unpaired) electrons. The standard InChI is InChI=1S/C13H25NO2/c14-13(9-15,11-7-8-11)10-16-12-5-3-1-2-4-6-12/h11-12,15H,1-10,14H2. The van der Waals surface area contributed by atoms with Gasteiger partial charge in [-0.2, -0.15) is 0 Å². The van der Waals surface area contributed by atoms with Crippen molar-refractivity contribution in [1.29, 1.82) is 0 Å². The molecule has 2 aliphatic rings. The van der Waals surface area contributed by atoms with E-state index in [1.165, 1.54) is 38.5 Å². The van der Waals surface area contributed by atoms with E-state index in [0.717, 1.165) is 12.8 Å². The smallest absolute Gasteiger partial charge is 0.0675 e. The third-order valence-electron chi connectivity index (χ3n) is 4.07. The van der Waals surface area contributed by atoms with Crippen LogP contribution in [0.3, 0.4) is 0 Å². The van der Waals surface area contributed by atoms with Gasteiger partial charge in [-0.25, -0.2) is 0 Å². The van der Waals surface area contributed by atoms with Crippen molar-refractivity contribution in [3.8, 4) is 0 Å². The lowest BCUT2D eigenvalue weighted by Gasteiger charge is -2.29. The third kappa shape index (κ3) is 3.19. The highest BCUT2D eigenvalue weighted by molar-refractivity contribution is 4.98. The van der Waals surface area contributed by atoms with Gasteiger partial charge in [0.2, 0.25) is 0 Å². The van der Waals surface area contributed by atoms with Crippen LogP contribution in [0.25, 0.3) is 0 Å². The molecule has 0 heterocycles. The predicted molar refractivity (Wildman–Crippen MR) is 64.2 cm³/mol. The van der Waals surface area contributed by atoms with E-state index >= 15 is 0 Å². The van der Waals surface area contributed by atoms with Crippen LogP contribution in [0.2, 0.25) is 0 Å². The molecule has 16 heavy (non-hydrogen) atoms. The zero-order valence-corrected chi connectivity index (χ0v) is 10.2. The first kappa shape index (κ1) is 12.3. The van der Waals surface area contributed by atoms with E-state index in [2.05, 4.69) is 0 Å². The molecule has 2 aliphatic carbocycles. The number of rotatable bonds is 5. The molecule has 3 heteroatoms. The van der Waals surface area contributed by atoms with Gasteiger partial charge in [-0.1, -0.05) is 25.7 Å². The van der Waals surface area contributed by atoms with Crippen LogP contribution >= 0.6 is 0 Å². The summed E-state index contributed by atoms with van der Waals surface area (Å²) in [6.45, 7) is 0.600. The Balaban J connectivity index is 1.75. The second-order valence-electron chi connectivity index (χ2n) is 5.59. The quantitative estimate of drug-likeness (QED) is 0.704. The van der Waals surface area contributed by atoms with Crippen LogP contribution < -0.4 is 5.73 Å². The minimum Gasteiger partial charge on any atom is -0.394 e. The highest BCUT2D eigenvalue weighted by Crippen LogP contribution is 2.38. The van der Waals surface area contributed by atoms with Crippen LogP contribution in [-0.4, -0.2) is 30.0 Å². The van der Waals surface area contributed by atoms with Gasteiger partial charge in [-0.3, -0.25) is 0 Å². The zero-order valence-electron chi connectivity index (χ0n) is 10.2. The van der Waals surface area contributed by atoms with Crippen LogP contribution in [0.4, 0.5) is 0 Å². The first-order valence-corrected chi connectivity index (χ1v) is 6.76. The Morgan fingerprint density at radius 3 is 2.19 bits per heavy atom. The van der Waals surface area contributed by atoms with Crippen molar-refractivity contribution < 1.29 is 9.84 Å². The van der Waals surface area contributed by atoms with Crippen LogP contribution in [0.1, 0.15) is 51.4 Å². The molecule has 2 rings (SSSR count). The Morgan fingerprint density at radius 2 is 1.69 bits per heavy atom. The van der Waals surface area contributed by atoms with Gasteiger partial charge in [0, 0.05) is 0 Å². The van der Waals surface area contributed by atoms with Crippen LogP contribution in [0.15, 0.2) is 0 Å². The Bertz CT molecular complexity index is 210. The zero-order chi connectivity index (χ0) is 11.4. The highest BCUT2D eigenvalue weighted by Gasteiger charge is 2.42. The van der Waals surface area contributed by atoms with Crippen LogP contribution in [0, 0.1) is 5.92 Å². The average Bonchev–Trinajstić information content (AvgIpc) is 3.12. The highest BCUT2D eigenvalue weighted by atomic mass is 16.5. The molecular formula is C13H25NO2. The minimum atomic E-state index is -0.466. The maximum absolute atomic E-state index is 9.38. The number of hydrogen-bond donors (Lipinski definition) is 2. The maximum atomic E-state index is 9.38. The fourth-order valence-corrected chi connectivity index (χ4v) is 2.63. The second kappa shape index (κ2) is 5.48. The molecule has 0 aliphatic heterocycles. The summed E-state index contributed by atoms with van der Waals surface area (Å²) in [5.74, 6) is 0.489. The maximum Gasteiger partial charge on any atom is 0.0675 e. The Morgan fingerprint density at radius 1 is 1.06 bits per heavy atom. The fraction of sp³-hybridized carbons (Fsp3) is 1.00. The molecule has 0 aromatic rings. The van der Waals surface area contributed by atoms with Crippen LogP contribution in [0.5, 0.6) is 0 Å². The van der Waals surface area contributed by atoms with Crippen molar-refractivity contribution in [2.75, 3.05) is 13.2 Å². The lowest BCUT2D eigenvalue weighted by atomic mass is 9.97. The van der Waals surface area contributed by atoms with Gasteiger partial charge in [0.1, 0.15) is 0 Å². The van der Waals surface area contributed by atoms with Gasteiger partial charge in [-0.15, -0.1) is 0 Å². The lowest BCUT2D eigenvalue weighted by Crippen LogP contribution is -2.51. The Hall–Kier alpha value is -0.120. The Labute approximate surface area is 98.4 Å². The van der Waals surface area contributed by atoms with Gasteiger partial charge >= 0.3 is 0 Å². The summed E-state index contributed by atoms with van der Waals surface area (Å²) in [4.78, 5) is 0. The van der Waals surface area contributed by atoms with Crippen molar-refractivity contribution in [3.63, 3.8) is 0 Å². The largest absolute Gasteiger partial charge is 0.394 e. The number of nitrogens with two attached hydrogens (primary N) is 1. The normalized spacial score (nSPS) is 27.4. The average molecular weight is 227 g/mol. The van der Waals surface area contributed by atoms with E-state index in [-0.39, 0.29) is 6.61 Å². The van der Waals surface area contributed by atoms with E-state index in [0.29, 0.717) is 18.6 Å². The number of aliphatic hydroxyl groups is 1. The molecule has 0 amide bonds. The van der Waals surface area contributed by atoms with Crippen molar-refractivity contribution >= 4 is 0 Å². The monoisotopic (exact) mass is 227 g/mol. The van der Waals surface area contributed by atoms with Crippen LogP contribution in [-0.2, 0) is 4.74 Å². The van der Waals surface area contributed by atoms with Crippen molar-refractivity contribution in [3.05, 3.63) is 0 Å². The predicted octanol–water partition coefficient (Wildman–Crippen LogP) is 1.83. The van der Waals surface area contributed by atoms with E-state index in [9.17, 15) is 5.11 Å². The lowest BCUT2D eigenvalue weighted by molar-refractivity contribution is -0.00997. The summed E-state index contributed by atoms with van der Waals surface area (Å²) in [7, 11) is 0. The first-order valence-electron chi connectivity index (χ1n) is 6.76. The molecule has 3 N–H and O–H groups in total. The summed E-state index contributed by atoms with van der Waals surface area (Å²) in [5.41, 5.74) is 5.72. The van der Waals surface area contributed by atoms with Crippen molar-refractivity contribution in [1.82, 2.24) is 0 Å². The molecule has 1 atom stereocenters.